The van der Waals surface area contributed by atoms with Crippen LogP contribution in [0.1, 0.15) is 38.4 Å². The minimum atomic E-state index is -0.561. The van der Waals surface area contributed by atoms with Crippen LogP contribution in [-0.4, -0.2) is 101 Å². The fourth-order valence-electron chi connectivity index (χ4n) is 4.90. The summed E-state index contributed by atoms with van der Waals surface area (Å²) in [4.78, 5) is 28.7. The highest BCUT2D eigenvalue weighted by Gasteiger charge is 2.23. The Morgan fingerprint density at radius 2 is 1.60 bits per heavy atom. The molecule has 2 saturated heterocycles. The van der Waals surface area contributed by atoms with E-state index in [2.05, 4.69) is 31.5 Å². The predicted molar refractivity (Wildman–Crippen MR) is 163 cm³/mol. The Morgan fingerprint density at radius 3 is 2.21 bits per heavy atom. The summed E-state index contributed by atoms with van der Waals surface area (Å²) in [7, 11) is 0. The molecule has 13 heteroatoms. The second kappa shape index (κ2) is 14.5. The molecular weight excluding hydrogens is 550 g/mol. The van der Waals surface area contributed by atoms with Crippen LogP contribution in [0.25, 0.3) is 0 Å². The Morgan fingerprint density at radius 1 is 0.977 bits per heavy atom. The lowest BCUT2D eigenvalue weighted by atomic mass is 10.2. The lowest BCUT2D eigenvalue weighted by molar-refractivity contribution is 0.0229. The van der Waals surface area contributed by atoms with Crippen LogP contribution in [0.5, 0.6) is 0 Å². The van der Waals surface area contributed by atoms with Crippen molar-refractivity contribution in [1.82, 2.24) is 29.9 Å². The summed E-state index contributed by atoms with van der Waals surface area (Å²) in [6.45, 7) is 13.6. The zero-order valence-corrected chi connectivity index (χ0v) is 25.4. The Kier molecular flexibility index (Phi) is 10.3. The van der Waals surface area contributed by atoms with Gasteiger partial charge in [0.15, 0.2) is 0 Å². The van der Waals surface area contributed by atoms with Crippen molar-refractivity contribution in [2.24, 2.45) is 0 Å². The number of hydrogen-bond donors (Lipinski definition) is 1. The number of carbonyl (C=O) groups excluding carboxylic acids is 1. The molecule has 0 saturated carbocycles. The van der Waals surface area contributed by atoms with Gasteiger partial charge in [0.2, 0.25) is 5.95 Å². The standard InChI is InChI=1S/C30H43N9O4/c1-30(2,3)43-29(40)38(22-24-8-5-4-6-9-24)10-7-11-39-23-25(34-35-39)21-31-28-32-26(36-12-16-41-17-13-36)20-27(33-28)37-14-18-42-19-15-37/h4-6,8-9,20,23H,7,10-19,21-22H2,1-3H3,(H,31,32,33). The van der Waals surface area contributed by atoms with Crippen LogP contribution in [0.4, 0.5) is 22.4 Å². The average molecular weight is 594 g/mol. The van der Waals surface area contributed by atoms with Crippen LogP contribution in [-0.2, 0) is 33.8 Å². The normalized spacial score (nSPS) is 15.8. The van der Waals surface area contributed by atoms with E-state index in [1.807, 2.05) is 57.3 Å². The molecule has 2 aliphatic heterocycles. The molecule has 43 heavy (non-hydrogen) atoms. The fourth-order valence-corrected chi connectivity index (χ4v) is 4.90. The number of ether oxygens (including phenoxy) is 3. The minimum absolute atomic E-state index is 0.324. The van der Waals surface area contributed by atoms with Gasteiger partial charge in [-0.15, -0.1) is 5.10 Å². The molecule has 0 aliphatic carbocycles. The molecule has 3 aromatic rings. The molecule has 2 aliphatic rings. The third-order valence-electron chi connectivity index (χ3n) is 7.07. The molecule has 13 nitrogen and oxygen atoms in total. The number of hydrogen-bond acceptors (Lipinski definition) is 11. The first-order valence-electron chi connectivity index (χ1n) is 15.0. The fraction of sp³-hybridized carbons (Fsp3) is 0.567. The molecule has 4 heterocycles. The van der Waals surface area contributed by atoms with E-state index in [4.69, 9.17) is 24.2 Å². The highest BCUT2D eigenvalue weighted by atomic mass is 16.6. The molecule has 0 atom stereocenters. The monoisotopic (exact) mass is 593 g/mol. The predicted octanol–water partition coefficient (Wildman–Crippen LogP) is 3.18. The largest absolute Gasteiger partial charge is 0.444 e. The lowest BCUT2D eigenvalue weighted by Crippen LogP contribution is -2.39. The van der Waals surface area contributed by atoms with Crippen LogP contribution >= 0.6 is 0 Å². The Balaban J connectivity index is 1.18. The van der Waals surface area contributed by atoms with Crippen molar-refractivity contribution in [2.75, 3.05) is 74.3 Å². The number of anilines is 3. The number of amides is 1. The second-order valence-corrected chi connectivity index (χ2v) is 11.7. The molecule has 1 aromatic carbocycles. The molecule has 5 rings (SSSR count). The SMILES string of the molecule is CC(C)(C)OC(=O)N(CCCn1cc(CNc2nc(N3CCOCC3)cc(N3CCOCC3)n2)nn1)Cc1ccccc1. The van der Waals surface area contributed by atoms with Crippen molar-refractivity contribution in [2.45, 2.75) is 52.4 Å². The Bertz CT molecular complexity index is 1270. The smallest absolute Gasteiger partial charge is 0.410 e. The van der Waals surface area contributed by atoms with Gasteiger partial charge < -0.3 is 34.2 Å². The highest BCUT2D eigenvalue weighted by Crippen LogP contribution is 2.23. The number of aromatic nitrogens is 5. The molecule has 2 fully saturated rings. The molecule has 0 unspecified atom stereocenters. The van der Waals surface area contributed by atoms with Gasteiger partial charge in [-0.3, -0.25) is 4.68 Å². The van der Waals surface area contributed by atoms with Crippen LogP contribution in [0.3, 0.4) is 0 Å². The van der Waals surface area contributed by atoms with Crippen molar-refractivity contribution in [3.8, 4) is 0 Å². The zero-order valence-electron chi connectivity index (χ0n) is 25.4. The summed E-state index contributed by atoms with van der Waals surface area (Å²) >= 11 is 0. The molecule has 2 aromatic heterocycles. The number of aryl methyl sites for hydroxylation is 1. The average Bonchev–Trinajstić information content (AvgIpc) is 3.47. The van der Waals surface area contributed by atoms with Gasteiger partial charge in [0.1, 0.15) is 22.9 Å². The molecule has 232 valence electrons. The first-order valence-corrected chi connectivity index (χ1v) is 15.0. The van der Waals surface area contributed by atoms with E-state index in [1.165, 1.54) is 0 Å². The van der Waals surface area contributed by atoms with Crippen molar-refractivity contribution >= 4 is 23.7 Å². The Labute approximate surface area is 253 Å². The van der Waals surface area contributed by atoms with E-state index in [9.17, 15) is 4.79 Å². The van der Waals surface area contributed by atoms with E-state index >= 15 is 0 Å². The van der Waals surface area contributed by atoms with Gasteiger partial charge in [-0.25, -0.2) is 4.79 Å². The van der Waals surface area contributed by atoms with Gasteiger partial charge in [0, 0.05) is 51.9 Å². The molecule has 1 amide bonds. The maximum atomic E-state index is 12.9. The number of carbonyl (C=O) groups is 1. The van der Waals surface area contributed by atoms with E-state index in [-0.39, 0.29) is 6.09 Å². The number of benzene rings is 1. The number of morpholine rings is 2. The minimum Gasteiger partial charge on any atom is -0.444 e. The van der Waals surface area contributed by atoms with Gasteiger partial charge in [0.25, 0.3) is 0 Å². The van der Waals surface area contributed by atoms with Crippen molar-refractivity contribution in [3.05, 3.63) is 53.9 Å². The summed E-state index contributed by atoms with van der Waals surface area (Å²) in [6.07, 6.45) is 2.29. The zero-order chi connectivity index (χ0) is 30.1. The summed E-state index contributed by atoms with van der Waals surface area (Å²) < 4.78 is 18.5. The highest BCUT2D eigenvalue weighted by molar-refractivity contribution is 5.68. The second-order valence-electron chi connectivity index (χ2n) is 11.7. The van der Waals surface area contributed by atoms with Crippen LogP contribution < -0.4 is 15.1 Å². The van der Waals surface area contributed by atoms with Gasteiger partial charge in [0.05, 0.1) is 39.2 Å². The van der Waals surface area contributed by atoms with Crippen LogP contribution in [0.15, 0.2) is 42.6 Å². The summed E-state index contributed by atoms with van der Waals surface area (Å²) in [5, 5.41) is 12.0. The number of nitrogens with one attached hydrogen (secondary N) is 1. The third-order valence-corrected chi connectivity index (χ3v) is 7.07. The molecular formula is C30H43N9O4. The van der Waals surface area contributed by atoms with Crippen molar-refractivity contribution in [3.63, 3.8) is 0 Å². The summed E-state index contributed by atoms with van der Waals surface area (Å²) in [5.41, 5.74) is 1.27. The Hall–Kier alpha value is -3.97. The van der Waals surface area contributed by atoms with E-state index < -0.39 is 5.60 Å². The molecule has 0 bridgehead atoms. The quantitative estimate of drug-likeness (QED) is 0.353. The molecule has 1 N–H and O–H groups in total. The van der Waals surface area contributed by atoms with Gasteiger partial charge in [-0.05, 0) is 32.8 Å². The lowest BCUT2D eigenvalue weighted by Gasteiger charge is -2.31. The third kappa shape index (κ3) is 9.26. The first kappa shape index (κ1) is 30.5. The van der Waals surface area contributed by atoms with Gasteiger partial charge >= 0.3 is 6.09 Å². The number of nitrogens with zero attached hydrogens (tertiary/aromatic N) is 8. The van der Waals surface area contributed by atoms with E-state index in [1.54, 1.807) is 9.58 Å². The van der Waals surface area contributed by atoms with Crippen LogP contribution in [0.2, 0.25) is 0 Å². The van der Waals surface area contributed by atoms with E-state index in [0.717, 1.165) is 49.1 Å². The van der Waals surface area contributed by atoms with E-state index in [0.29, 0.717) is 65.0 Å². The maximum absolute atomic E-state index is 12.9. The maximum Gasteiger partial charge on any atom is 0.410 e. The number of rotatable bonds is 11. The first-order chi connectivity index (χ1) is 20.8. The molecule has 0 radical (unpaired) electrons. The van der Waals surface area contributed by atoms with Gasteiger partial charge in [-0.1, -0.05) is 35.5 Å². The van der Waals surface area contributed by atoms with Crippen molar-refractivity contribution < 1.29 is 19.0 Å². The van der Waals surface area contributed by atoms with Crippen molar-refractivity contribution in [1.29, 1.82) is 0 Å². The summed E-state index contributed by atoms with van der Waals surface area (Å²) in [6, 6.07) is 12.0. The van der Waals surface area contributed by atoms with Crippen LogP contribution in [0, 0.1) is 0 Å². The molecule has 0 spiro atoms. The summed E-state index contributed by atoms with van der Waals surface area (Å²) in [5.74, 6) is 2.32. The topological polar surface area (TPSA) is 123 Å². The van der Waals surface area contributed by atoms with Gasteiger partial charge in [-0.2, -0.15) is 9.97 Å².